The number of anilines is 4. The highest BCUT2D eigenvalue weighted by atomic mass is 35.5. The molecule has 1 amide bonds. The van der Waals surface area contributed by atoms with Crippen molar-refractivity contribution in [3.63, 3.8) is 0 Å². The van der Waals surface area contributed by atoms with Gasteiger partial charge in [-0.1, -0.05) is 11.6 Å². The quantitative estimate of drug-likeness (QED) is 0.476. The Bertz CT molecular complexity index is 1160. The first-order valence-corrected chi connectivity index (χ1v) is 11.8. The topological polar surface area (TPSA) is 116 Å². The minimum absolute atomic E-state index is 0.311. The Morgan fingerprint density at radius 1 is 1.12 bits per heavy atom. The summed E-state index contributed by atoms with van der Waals surface area (Å²) in [6.45, 7) is 5.03. The number of hydrogen-bond donors (Lipinski definition) is 3. The molecule has 1 aromatic carbocycles. The number of nitrogens with one attached hydrogen (secondary N) is 2. The average Bonchev–Trinajstić information content (AvgIpc) is 3.32. The van der Waals surface area contributed by atoms with Gasteiger partial charge in [-0.25, -0.2) is 9.78 Å². The molecule has 4 heterocycles. The summed E-state index contributed by atoms with van der Waals surface area (Å²) in [5, 5.41) is 15.3. The van der Waals surface area contributed by atoms with Crippen LogP contribution in [0.2, 0.25) is 5.02 Å². The number of piperidine rings is 1. The van der Waals surface area contributed by atoms with Crippen LogP contribution in [0.3, 0.4) is 0 Å². The molecule has 2 saturated heterocycles. The number of benzene rings is 1. The van der Waals surface area contributed by atoms with Gasteiger partial charge in [-0.2, -0.15) is 4.98 Å². The number of carbonyl (C=O) groups is 1. The van der Waals surface area contributed by atoms with Crippen molar-refractivity contribution in [1.29, 1.82) is 0 Å². The molecule has 180 valence electrons. The van der Waals surface area contributed by atoms with E-state index in [-0.39, 0.29) is 0 Å². The molecule has 10 nitrogen and oxygen atoms in total. The van der Waals surface area contributed by atoms with E-state index in [2.05, 4.69) is 25.4 Å². The summed E-state index contributed by atoms with van der Waals surface area (Å²) >= 11 is 6.59. The number of furan rings is 1. The molecule has 3 aromatic rings. The number of aromatic nitrogens is 2. The van der Waals surface area contributed by atoms with Gasteiger partial charge in [0.1, 0.15) is 5.52 Å². The second-order valence-corrected chi connectivity index (χ2v) is 8.92. The summed E-state index contributed by atoms with van der Waals surface area (Å²) in [6, 6.07) is 7.68. The van der Waals surface area contributed by atoms with Crippen molar-refractivity contribution in [2.24, 2.45) is 5.92 Å². The Labute approximate surface area is 201 Å². The lowest BCUT2D eigenvalue weighted by atomic mass is 9.97. The number of morpholine rings is 1. The van der Waals surface area contributed by atoms with E-state index in [4.69, 9.17) is 30.8 Å². The van der Waals surface area contributed by atoms with E-state index in [9.17, 15) is 4.79 Å². The van der Waals surface area contributed by atoms with E-state index in [0.717, 1.165) is 61.7 Å². The molecule has 0 bridgehead atoms. The minimum atomic E-state index is -0.982. The lowest BCUT2D eigenvalue weighted by Gasteiger charge is -2.32. The van der Waals surface area contributed by atoms with Crippen LogP contribution >= 0.6 is 11.6 Å². The molecule has 0 saturated carbocycles. The molecule has 0 aliphatic carbocycles. The Balaban J connectivity index is 1.32. The first-order valence-electron chi connectivity index (χ1n) is 11.4. The van der Waals surface area contributed by atoms with Gasteiger partial charge in [0.05, 0.1) is 30.2 Å². The number of halogens is 1. The molecule has 2 aromatic heterocycles. The van der Waals surface area contributed by atoms with Crippen molar-refractivity contribution in [2.45, 2.75) is 12.8 Å². The molecule has 2 aliphatic heterocycles. The van der Waals surface area contributed by atoms with Crippen LogP contribution in [-0.2, 0) is 4.74 Å². The molecular weight excluding hydrogens is 460 g/mol. The number of ether oxygens (including phenoxy) is 1. The SMILES string of the molecule is O=C(O)NCC1CCN(c2nc(Nc3ccc(N4CCOCC4)c(Cl)c3)nc3ccoc23)CC1. The van der Waals surface area contributed by atoms with Gasteiger partial charge < -0.3 is 34.7 Å². The van der Waals surface area contributed by atoms with Crippen molar-refractivity contribution >= 4 is 51.9 Å². The normalized spacial score (nSPS) is 17.2. The molecule has 3 N–H and O–H groups in total. The van der Waals surface area contributed by atoms with Crippen molar-refractivity contribution in [3.05, 3.63) is 35.6 Å². The first-order chi connectivity index (χ1) is 16.6. The van der Waals surface area contributed by atoms with Crippen molar-refractivity contribution < 1.29 is 19.1 Å². The van der Waals surface area contributed by atoms with Crippen LogP contribution in [0.1, 0.15) is 12.8 Å². The van der Waals surface area contributed by atoms with Crippen LogP contribution in [0.5, 0.6) is 0 Å². The summed E-state index contributed by atoms with van der Waals surface area (Å²) < 4.78 is 11.1. The fourth-order valence-corrected chi connectivity index (χ4v) is 4.77. The van der Waals surface area contributed by atoms with Gasteiger partial charge >= 0.3 is 6.09 Å². The molecule has 0 atom stereocenters. The highest BCUT2D eigenvalue weighted by Gasteiger charge is 2.24. The van der Waals surface area contributed by atoms with Crippen molar-refractivity contribution in [3.8, 4) is 0 Å². The number of amides is 1. The van der Waals surface area contributed by atoms with Crippen LogP contribution < -0.4 is 20.4 Å². The van der Waals surface area contributed by atoms with Crippen molar-refractivity contribution in [1.82, 2.24) is 15.3 Å². The van der Waals surface area contributed by atoms with Crippen molar-refractivity contribution in [2.75, 3.05) is 61.1 Å². The summed E-state index contributed by atoms with van der Waals surface area (Å²) in [4.78, 5) is 24.5. The van der Waals surface area contributed by atoms with Crippen LogP contribution in [0.25, 0.3) is 11.1 Å². The summed E-state index contributed by atoms with van der Waals surface area (Å²) in [6.07, 6.45) is 2.37. The van der Waals surface area contributed by atoms with Gasteiger partial charge in [-0.3, -0.25) is 0 Å². The summed E-state index contributed by atoms with van der Waals surface area (Å²) in [7, 11) is 0. The van der Waals surface area contributed by atoms with E-state index in [1.165, 1.54) is 0 Å². The van der Waals surface area contributed by atoms with E-state index in [1.807, 2.05) is 24.3 Å². The van der Waals surface area contributed by atoms with E-state index >= 15 is 0 Å². The van der Waals surface area contributed by atoms with E-state index in [1.54, 1.807) is 6.26 Å². The fourth-order valence-electron chi connectivity index (χ4n) is 4.47. The lowest BCUT2D eigenvalue weighted by Crippen LogP contribution is -2.38. The molecular formula is C23H27ClN6O4. The second-order valence-electron chi connectivity index (χ2n) is 8.51. The molecule has 11 heteroatoms. The second kappa shape index (κ2) is 9.94. The van der Waals surface area contributed by atoms with Crippen LogP contribution in [0.4, 0.5) is 27.9 Å². The maximum atomic E-state index is 10.8. The van der Waals surface area contributed by atoms with E-state index < -0.39 is 6.09 Å². The van der Waals surface area contributed by atoms with Crippen LogP contribution in [0, 0.1) is 5.92 Å². The zero-order valence-corrected chi connectivity index (χ0v) is 19.4. The molecule has 2 fully saturated rings. The Kier molecular flexibility index (Phi) is 6.59. The number of hydrogen-bond acceptors (Lipinski definition) is 8. The van der Waals surface area contributed by atoms with Crippen LogP contribution in [-0.4, -0.2) is 67.1 Å². The third-order valence-electron chi connectivity index (χ3n) is 6.30. The fraction of sp³-hybridized carbons (Fsp3) is 0.435. The van der Waals surface area contributed by atoms with Gasteiger partial charge in [-0.15, -0.1) is 0 Å². The maximum absolute atomic E-state index is 10.8. The Morgan fingerprint density at radius 3 is 2.65 bits per heavy atom. The predicted molar refractivity (Wildman–Crippen MR) is 131 cm³/mol. The van der Waals surface area contributed by atoms with E-state index in [0.29, 0.717) is 42.2 Å². The average molecular weight is 487 g/mol. The number of nitrogens with zero attached hydrogens (tertiary/aromatic N) is 4. The Morgan fingerprint density at radius 2 is 1.91 bits per heavy atom. The third kappa shape index (κ3) is 4.97. The predicted octanol–water partition coefficient (Wildman–Crippen LogP) is 3.94. The van der Waals surface area contributed by atoms with Crippen LogP contribution in [0.15, 0.2) is 34.9 Å². The summed E-state index contributed by atoms with van der Waals surface area (Å²) in [5.74, 6) is 1.51. The van der Waals surface area contributed by atoms with Gasteiger partial charge in [0.2, 0.25) is 5.95 Å². The number of rotatable bonds is 6. The minimum Gasteiger partial charge on any atom is -0.465 e. The number of carboxylic acid groups (broad SMARTS) is 1. The van der Waals surface area contributed by atoms with Gasteiger partial charge in [0.25, 0.3) is 0 Å². The molecule has 34 heavy (non-hydrogen) atoms. The van der Waals surface area contributed by atoms with Gasteiger partial charge in [0, 0.05) is 44.5 Å². The molecule has 0 unspecified atom stereocenters. The number of fused-ring (bicyclic) bond motifs is 1. The monoisotopic (exact) mass is 486 g/mol. The van der Waals surface area contributed by atoms with Gasteiger partial charge in [0.15, 0.2) is 11.4 Å². The lowest BCUT2D eigenvalue weighted by molar-refractivity contribution is 0.122. The zero-order chi connectivity index (χ0) is 23.5. The highest BCUT2D eigenvalue weighted by molar-refractivity contribution is 6.33. The highest BCUT2D eigenvalue weighted by Crippen LogP contribution is 2.33. The largest absolute Gasteiger partial charge is 0.465 e. The molecule has 5 rings (SSSR count). The first kappa shape index (κ1) is 22.5. The standard InChI is InChI=1S/C23H27ClN6O4/c24-17-13-16(1-2-19(17)29-8-11-33-12-9-29)26-22-27-18-5-10-34-20(18)21(28-22)30-6-3-15(4-7-30)14-25-23(31)32/h1-2,5,10,13,15,25H,3-4,6-9,11-12,14H2,(H,31,32)(H,26,27,28). The smallest absolute Gasteiger partial charge is 0.404 e. The summed E-state index contributed by atoms with van der Waals surface area (Å²) in [5.41, 5.74) is 3.16. The molecule has 2 aliphatic rings. The zero-order valence-electron chi connectivity index (χ0n) is 18.7. The molecule has 0 spiro atoms. The third-order valence-corrected chi connectivity index (χ3v) is 6.60. The van der Waals surface area contributed by atoms with Gasteiger partial charge in [-0.05, 0) is 37.0 Å². The maximum Gasteiger partial charge on any atom is 0.404 e. The Hall–Kier alpha value is -3.24. The molecule has 0 radical (unpaired) electrons.